The molecule has 0 saturated heterocycles. The molecule has 1 saturated carbocycles. The number of carbonyl (C=O) groups is 2. The van der Waals surface area contributed by atoms with Gasteiger partial charge in [0.15, 0.2) is 0 Å². The number of nitrogens with one attached hydrogen (secondary N) is 1. The van der Waals surface area contributed by atoms with Gasteiger partial charge in [0, 0.05) is 25.0 Å². The zero-order valence-electron chi connectivity index (χ0n) is 18.7. The number of nitrogens with zero attached hydrogens (tertiary/aromatic N) is 2. The maximum Gasteiger partial charge on any atom is 0.355 e. The van der Waals surface area contributed by atoms with E-state index in [0.29, 0.717) is 17.9 Å². The second kappa shape index (κ2) is 11.7. The zero-order chi connectivity index (χ0) is 22.9. The average Bonchev–Trinajstić information content (AvgIpc) is 2.86. The lowest BCUT2D eigenvalue weighted by atomic mass is 9.78. The highest BCUT2D eigenvalue weighted by molar-refractivity contribution is 7.47. The molecule has 6 nitrogen and oxygen atoms in total. The molecule has 2 aromatic carbocycles. The summed E-state index contributed by atoms with van der Waals surface area (Å²) < 4.78 is 8.86. The summed E-state index contributed by atoms with van der Waals surface area (Å²) in [7, 11) is 1.57. The van der Waals surface area contributed by atoms with Crippen LogP contribution in [0.5, 0.6) is 5.75 Å². The van der Waals surface area contributed by atoms with Crippen LogP contribution < -0.4 is 10.1 Å². The van der Waals surface area contributed by atoms with E-state index in [9.17, 15) is 9.59 Å². The molecular weight excluding hydrogens is 422 g/mol. The van der Waals surface area contributed by atoms with Crippen LogP contribution in [0.3, 0.4) is 0 Å². The van der Waals surface area contributed by atoms with E-state index >= 15 is 0 Å². The maximum absolute atomic E-state index is 13.2. The highest BCUT2D eigenvalue weighted by Crippen LogP contribution is 2.37. The fraction of sp³-hybridized carbons (Fsp3) is 0.440. The molecule has 0 spiro atoms. The van der Waals surface area contributed by atoms with Gasteiger partial charge in [-0.3, -0.25) is 4.79 Å². The van der Waals surface area contributed by atoms with E-state index in [1.807, 2.05) is 42.2 Å². The summed E-state index contributed by atoms with van der Waals surface area (Å²) in [4.78, 5) is 27.2. The smallest absolute Gasteiger partial charge is 0.355 e. The van der Waals surface area contributed by atoms with Crippen molar-refractivity contribution in [2.75, 3.05) is 13.7 Å². The van der Waals surface area contributed by atoms with Gasteiger partial charge < -0.3 is 15.0 Å². The molecule has 2 aromatic rings. The molecule has 1 fully saturated rings. The Labute approximate surface area is 195 Å². The highest BCUT2D eigenvalue weighted by atomic mass is 32.1. The molecule has 0 aromatic heterocycles. The molecule has 1 aliphatic carbocycles. The van der Waals surface area contributed by atoms with E-state index < -0.39 is 0 Å². The van der Waals surface area contributed by atoms with Gasteiger partial charge in [-0.15, -0.1) is 4.36 Å². The van der Waals surface area contributed by atoms with Crippen molar-refractivity contribution >= 4 is 24.4 Å². The van der Waals surface area contributed by atoms with E-state index in [1.165, 1.54) is 0 Å². The number of carbonyl (C=O) groups excluding carboxylic acids is 2. The van der Waals surface area contributed by atoms with Gasteiger partial charge in [0.2, 0.25) is 0 Å². The van der Waals surface area contributed by atoms with E-state index in [-0.39, 0.29) is 29.9 Å². The minimum atomic E-state index is -0.311. The molecule has 0 aliphatic heterocycles. The van der Waals surface area contributed by atoms with Gasteiger partial charge in [-0.25, -0.2) is 4.79 Å². The summed E-state index contributed by atoms with van der Waals surface area (Å²) in [5.41, 5.74) is 1.61. The monoisotopic (exact) mass is 453 g/mol. The Bertz CT molecular complexity index is 914. The van der Waals surface area contributed by atoms with Crippen molar-refractivity contribution in [1.29, 1.82) is 0 Å². The van der Waals surface area contributed by atoms with Gasteiger partial charge in [-0.05, 0) is 55.7 Å². The Morgan fingerprint density at radius 1 is 1.09 bits per heavy atom. The fourth-order valence-corrected chi connectivity index (χ4v) is 4.76. The number of urea groups is 1. The van der Waals surface area contributed by atoms with Crippen molar-refractivity contribution in [2.45, 2.75) is 51.1 Å². The molecule has 7 heteroatoms. The number of methoxy groups -OCH3 is 1. The van der Waals surface area contributed by atoms with Crippen LogP contribution >= 0.6 is 0 Å². The Hall–Kier alpha value is -2.80. The number of benzene rings is 2. The van der Waals surface area contributed by atoms with Crippen LogP contribution in [0.25, 0.3) is 0 Å². The van der Waals surface area contributed by atoms with Gasteiger partial charge in [0.05, 0.1) is 18.7 Å². The van der Waals surface area contributed by atoms with Gasteiger partial charge in [-0.2, -0.15) is 0 Å². The van der Waals surface area contributed by atoms with Gasteiger partial charge in [-0.1, -0.05) is 49.4 Å². The number of hydrogen-bond donors (Lipinski definition) is 1. The molecule has 170 valence electrons. The van der Waals surface area contributed by atoms with Crippen molar-refractivity contribution in [3.8, 4) is 5.75 Å². The quantitative estimate of drug-likeness (QED) is 0.590. The predicted octanol–water partition coefficient (Wildman–Crippen LogP) is 5.29. The average molecular weight is 454 g/mol. The lowest BCUT2D eigenvalue weighted by Crippen LogP contribution is -2.43. The molecule has 1 unspecified atom stereocenters. The largest absolute Gasteiger partial charge is 0.496 e. The molecule has 0 heterocycles. The van der Waals surface area contributed by atoms with Gasteiger partial charge >= 0.3 is 6.03 Å². The van der Waals surface area contributed by atoms with Crippen LogP contribution in [0, 0.1) is 5.92 Å². The standard InChI is InChI=1S/C25H31N3O3S/c1-3-17-28(25(30)27-32)20-15-13-19(14-16-20)23(18-9-5-4-6-10-18)26-24(29)21-11-7-8-12-22(21)31-2/h4-12,19-20,23H,3,13-17H2,1-2H3,(H,26,29)/t19-,20-,23?. The molecule has 3 rings (SSSR count). The van der Waals surface area contributed by atoms with Gasteiger partial charge in [0.1, 0.15) is 5.75 Å². The Morgan fingerprint density at radius 2 is 1.75 bits per heavy atom. The van der Waals surface area contributed by atoms with Crippen LogP contribution in [0.1, 0.15) is 61.0 Å². The summed E-state index contributed by atoms with van der Waals surface area (Å²) in [6.07, 6.45) is 4.42. The van der Waals surface area contributed by atoms with Crippen LogP contribution in [-0.4, -0.2) is 36.5 Å². The van der Waals surface area contributed by atoms with E-state index in [2.05, 4.69) is 34.2 Å². The molecule has 0 radical (unpaired) electrons. The predicted molar refractivity (Wildman–Crippen MR) is 128 cm³/mol. The second-order valence-electron chi connectivity index (χ2n) is 8.20. The molecular formula is C25H31N3O3S. The molecule has 1 atom stereocenters. The Morgan fingerprint density at radius 3 is 2.38 bits per heavy atom. The van der Waals surface area contributed by atoms with Crippen LogP contribution in [0.2, 0.25) is 0 Å². The molecule has 1 N–H and O–H groups in total. The first-order valence-electron chi connectivity index (χ1n) is 11.2. The summed E-state index contributed by atoms with van der Waals surface area (Å²) in [5.74, 6) is 0.680. The van der Waals surface area contributed by atoms with E-state index in [1.54, 1.807) is 19.2 Å². The molecule has 1 aliphatic rings. The molecule has 32 heavy (non-hydrogen) atoms. The number of ether oxygens (including phenoxy) is 1. The molecule has 3 amide bonds. The number of hydrogen-bond acceptors (Lipinski definition) is 4. The lowest BCUT2D eigenvalue weighted by molar-refractivity contribution is 0.0895. The summed E-state index contributed by atoms with van der Waals surface area (Å²) in [6.45, 7) is 2.72. The minimum absolute atomic E-state index is 0.117. The summed E-state index contributed by atoms with van der Waals surface area (Å²) in [5, 5.41) is 3.26. The minimum Gasteiger partial charge on any atom is -0.496 e. The van der Waals surface area contributed by atoms with Crippen molar-refractivity contribution in [3.63, 3.8) is 0 Å². The first-order chi connectivity index (χ1) is 15.6. The normalized spacial score (nSPS) is 18.9. The van der Waals surface area contributed by atoms with Crippen LogP contribution in [0.15, 0.2) is 59.0 Å². The number of para-hydroxylation sites is 1. The fourth-order valence-electron chi connectivity index (χ4n) is 4.66. The van der Waals surface area contributed by atoms with Crippen molar-refractivity contribution in [1.82, 2.24) is 10.2 Å². The third-order valence-electron chi connectivity index (χ3n) is 6.24. The van der Waals surface area contributed by atoms with Crippen molar-refractivity contribution in [2.24, 2.45) is 10.3 Å². The topological polar surface area (TPSA) is 71.0 Å². The molecule has 0 bridgehead atoms. The highest BCUT2D eigenvalue weighted by Gasteiger charge is 2.33. The second-order valence-corrected chi connectivity index (χ2v) is 8.38. The SMILES string of the molecule is CCCN(C(=O)N=S)[C@H]1CC[C@H](C(NC(=O)c2ccccc2OC)c2ccccc2)CC1. The summed E-state index contributed by atoms with van der Waals surface area (Å²) >= 11 is 4.65. The van der Waals surface area contributed by atoms with Crippen molar-refractivity contribution < 1.29 is 14.3 Å². The first-order valence-corrected chi connectivity index (χ1v) is 11.6. The van der Waals surface area contributed by atoms with Crippen LogP contribution in [0.4, 0.5) is 4.79 Å². The van der Waals surface area contributed by atoms with E-state index in [4.69, 9.17) is 4.74 Å². The maximum atomic E-state index is 13.2. The Kier molecular flexibility index (Phi) is 8.73. The Balaban J connectivity index is 1.77. The first kappa shape index (κ1) is 23.9. The van der Waals surface area contributed by atoms with E-state index in [0.717, 1.165) is 37.7 Å². The van der Waals surface area contributed by atoms with Crippen LogP contribution in [-0.2, 0) is 12.4 Å². The van der Waals surface area contributed by atoms with Crippen molar-refractivity contribution in [3.05, 3.63) is 65.7 Å². The van der Waals surface area contributed by atoms with Gasteiger partial charge in [0.25, 0.3) is 5.91 Å². The number of amides is 3. The third kappa shape index (κ3) is 5.71. The lowest BCUT2D eigenvalue weighted by Gasteiger charge is -2.38. The number of rotatable bonds is 8. The summed E-state index contributed by atoms with van der Waals surface area (Å²) in [6, 6.07) is 17.1. The zero-order valence-corrected chi connectivity index (χ0v) is 19.5. The third-order valence-corrected chi connectivity index (χ3v) is 6.39.